The number of nitrogens with zero attached hydrogens (tertiary/aromatic N) is 3. The van der Waals surface area contributed by atoms with Gasteiger partial charge >= 0.3 is 0 Å². The third-order valence-corrected chi connectivity index (χ3v) is 4.52. The molecule has 0 saturated heterocycles. The Morgan fingerprint density at radius 1 is 0.867 bits per heavy atom. The van der Waals surface area contributed by atoms with Crippen LogP contribution < -0.4 is 9.47 Å². The fraction of sp³-hybridized carbons (Fsp3) is 0.0870. The van der Waals surface area contributed by atoms with Crippen molar-refractivity contribution >= 4 is 18.4 Å². The van der Waals surface area contributed by atoms with Crippen LogP contribution in [0, 0.1) is 4.77 Å². The second-order valence-corrected chi connectivity index (χ2v) is 6.84. The lowest BCUT2D eigenvalue weighted by Gasteiger charge is -2.07. The summed E-state index contributed by atoms with van der Waals surface area (Å²) in [6.07, 6.45) is 1.71. The van der Waals surface area contributed by atoms with Crippen LogP contribution in [0.25, 0.3) is 0 Å². The molecule has 1 N–H and O–H groups in total. The SMILES string of the molecule is S=c1[nH]nc(COc2ccccc2)n1/N=C\c1cccc(OCc2ccccc2)c1. The molecule has 0 unspecified atom stereocenters. The van der Waals surface area contributed by atoms with Crippen molar-refractivity contribution in [3.05, 3.63) is 107 Å². The Kier molecular flexibility index (Phi) is 6.31. The molecule has 0 spiro atoms. The first kappa shape index (κ1) is 19.6. The molecule has 7 heteroatoms. The first-order valence-electron chi connectivity index (χ1n) is 9.43. The summed E-state index contributed by atoms with van der Waals surface area (Å²) in [5.74, 6) is 2.10. The number of aromatic nitrogens is 3. The largest absolute Gasteiger partial charge is 0.489 e. The van der Waals surface area contributed by atoms with Crippen molar-refractivity contribution in [2.45, 2.75) is 13.2 Å². The van der Waals surface area contributed by atoms with Gasteiger partial charge in [-0.05, 0) is 47.6 Å². The number of ether oxygens (including phenoxy) is 2. The third kappa shape index (κ3) is 5.21. The quantitative estimate of drug-likeness (QED) is 0.325. The molecule has 4 aromatic rings. The van der Waals surface area contributed by atoms with E-state index in [1.54, 1.807) is 10.9 Å². The van der Waals surface area contributed by atoms with Gasteiger partial charge in [0.1, 0.15) is 24.7 Å². The van der Waals surface area contributed by atoms with Gasteiger partial charge in [-0.3, -0.25) is 0 Å². The van der Waals surface area contributed by atoms with Gasteiger partial charge in [0.25, 0.3) is 0 Å². The molecule has 1 aromatic heterocycles. The summed E-state index contributed by atoms with van der Waals surface area (Å²) < 4.78 is 13.6. The van der Waals surface area contributed by atoms with Crippen molar-refractivity contribution in [3.8, 4) is 11.5 Å². The molecule has 6 nitrogen and oxygen atoms in total. The lowest BCUT2D eigenvalue weighted by Crippen LogP contribution is -2.04. The number of hydrogen-bond donors (Lipinski definition) is 1. The van der Waals surface area contributed by atoms with E-state index in [0.29, 0.717) is 17.2 Å². The molecule has 30 heavy (non-hydrogen) atoms. The van der Waals surface area contributed by atoms with Crippen molar-refractivity contribution in [3.63, 3.8) is 0 Å². The average molecular weight is 417 g/mol. The number of H-pyrrole nitrogens is 1. The maximum atomic E-state index is 5.88. The van der Waals surface area contributed by atoms with E-state index in [2.05, 4.69) is 15.3 Å². The topological polar surface area (TPSA) is 64.4 Å². The fourth-order valence-electron chi connectivity index (χ4n) is 2.75. The number of para-hydroxylation sites is 1. The first-order valence-corrected chi connectivity index (χ1v) is 9.84. The van der Waals surface area contributed by atoms with Crippen molar-refractivity contribution in [2.75, 3.05) is 0 Å². The smallest absolute Gasteiger partial charge is 0.216 e. The standard InChI is InChI=1S/C23H20N4O2S/c30-23-26-25-22(17-29-20-11-5-2-6-12-20)27(23)24-15-19-10-7-13-21(14-19)28-16-18-8-3-1-4-9-18/h1-15H,16-17H2,(H,26,30)/b24-15-. The van der Waals surface area contributed by atoms with Gasteiger partial charge in [0.15, 0.2) is 5.82 Å². The Labute approximate surface area is 179 Å². The average Bonchev–Trinajstić information content (AvgIpc) is 3.16. The van der Waals surface area contributed by atoms with Gasteiger partial charge in [-0.1, -0.05) is 60.7 Å². The highest BCUT2D eigenvalue weighted by Crippen LogP contribution is 2.15. The van der Waals surface area contributed by atoms with Crippen LogP contribution >= 0.6 is 12.2 Å². The number of aromatic amines is 1. The molecule has 0 atom stereocenters. The van der Waals surface area contributed by atoms with Gasteiger partial charge in [-0.2, -0.15) is 14.9 Å². The molecule has 1 heterocycles. The highest BCUT2D eigenvalue weighted by Gasteiger charge is 2.06. The van der Waals surface area contributed by atoms with E-state index in [1.807, 2.05) is 84.9 Å². The normalized spacial score (nSPS) is 10.9. The van der Waals surface area contributed by atoms with Crippen LogP contribution in [-0.4, -0.2) is 21.1 Å². The highest BCUT2D eigenvalue weighted by molar-refractivity contribution is 7.71. The van der Waals surface area contributed by atoms with E-state index >= 15 is 0 Å². The fourth-order valence-corrected chi connectivity index (χ4v) is 2.95. The summed E-state index contributed by atoms with van der Waals surface area (Å²) in [4.78, 5) is 0. The molecule has 0 saturated carbocycles. The summed E-state index contributed by atoms with van der Waals surface area (Å²) in [7, 11) is 0. The Morgan fingerprint density at radius 2 is 1.57 bits per heavy atom. The zero-order valence-corrected chi connectivity index (χ0v) is 17.0. The van der Waals surface area contributed by atoms with Crippen LogP contribution in [0.4, 0.5) is 0 Å². The van der Waals surface area contributed by atoms with Gasteiger partial charge in [-0.15, -0.1) is 0 Å². The lowest BCUT2D eigenvalue weighted by atomic mass is 10.2. The summed E-state index contributed by atoms with van der Waals surface area (Å²) >= 11 is 5.29. The maximum absolute atomic E-state index is 5.88. The van der Waals surface area contributed by atoms with E-state index in [0.717, 1.165) is 22.6 Å². The van der Waals surface area contributed by atoms with Crippen molar-refractivity contribution in [2.24, 2.45) is 5.10 Å². The predicted octanol–water partition coefficient (Wildman–Crippen LogP) is 4.98. The molecular weight excluding hydrogens is 396 g/mol. The summed E-state index contributed by atoms with van der Waals surface area (Å²) in [5.41, 5.74) is 2.00. The van der Waals surface area contributed by atoms with Crippen LogP contribution in [0.1, 0.15) is 17.0 Å². The molecule has 0 bridgehead atoms. The minimum absolute atomic E-state index is 0.245. The van der Waals surface area contributed by atoms with E-state index in [-0.39, 0.29) is 6.61 Å². The van der Waals surface area contributed by atoms with E-state index < -0.39 is 0 Å². The van der Waals surface area contributed by atoms with Gasteiger partial charge < -0.3 is 9.47 Å². The minimum atomic E-state index is 0.245. The van der Waals surface area contributed by atoms with Gasteiger partial charge in [0.2, 0.25) is 4.77 Å². The number of hydrogen-bond acceptors (Lipinski definition) is 5. The molecule has 0 amide bonds. The second-order valence-electron chi connectivity index (χ2n) is 6.45. The van der Waals surface area contributed by atoms with Crippen molar-refractivity contribution < 1.29 is 9.47 Å². The zero-order valence-electron chi connectivity index (χ0n) is 16.1. The maximum Gasteiger partial charge on any atom is 0.216 e. The molecular formula is C23H20N4O2S. The second kappa shape index (κ2) is 9.67. The monoisotopic (exact) mass is 416 g/mol. The van der Waals surface area contributed by atoms with E-state index in [9.17, 15) is 0 Å². The molecule has 0 fully saturated rings. The van der Waals surface area contributed by atoms with Crippen molar-refractivity contribution in [1.82, 2.24) is 14.9 Å². The van der Waals surface area contributed by atoms with Crippen LogP contribution in [0.2, 0.25) is 0 Å². The number of rotatable bonds is 8. The van der Waals surface area contributed by atoms with E-state index in [4.69, 9.17) is 21.7 Å². The zero-order chi connectivity index (χ0) is 20.6. The van der Waals surface area contributed by atoms with Crippen molar-refractivity contribution in [1.29, 1.82) is 0 Å². The predicted molar refractivity (Wildman–Crippen MR) is 118 cm³/mol. The lowest BCUT2D eigenvalue weighted by molar-refractivity contribution is 0.290. The molecule has 150 valence electrons. The van der Waals surface area contributed by atoms with E-state index in [1.165, 1.54) is 0 Å². The van der Waals surface area contributed by atoms with Gasteiger partial charge in [0, 0.05) is 0 Å². The molecule has 0 aliphatic heterocycles. The van der Waals surface area contributed by atoms with Crippen LogP contribution in [0.5, 0.6) is 11.5 Å². The van der Waals surface area contributed by atoms with Gasteiger partial charge in [-0.25, -0.2) is 5.10 Å². The van der Waals surface area contributed by atoms with Crippen LogP contribution in [0.3, 0.4) is 0 Å². The first-order chi connectivity index (χ1) is 14.8. The van der Waals surface area contributed by atoms with Crippen LogP contribution in [-0.2, 0) is 13.2 Å². The number of nitrogens with one attached hydrogen (secondary N) is 1. The Bertz CT molecular complexity index is 1170. The molecule has 3 aromatic carbocycles. The Hall–Kier alpha value is -3.71. The minimum Gasteiger partial charge on any atom is -0.489 e. The highest BCUT2D eigenvalue weighted by atomic mass is 32.1. The molecule has 0 aliphatic carbocycles. The van der Waals surface area contributed by atoms with Crippen LogP contribution in [0.15, 0.2) is 90.0 Å². The summed E-state index contributed by atoms with van der Waals surface area (Å²) in [5, 5.41) is 11.4. The summed E-state index contributed by atoms with van der Waals surface area (Å²) in [6, 6.07) is 27.3. The Morgan fingerprint density at radius 3 is 2.37 bits per heavy atom. The molecule has 0 aliphatic rings. The Balaban J connectivity index is 1.43. The summed E-state index contributed by atoms with van der Waals surface area (Å²) in [6.45, 7) is 0.754. The molecule has 4 rings (SSSR count). The molecule has 0 radical (unpaired) electrons. The van der Waals surface area contributed by atoms with Gasteiger partial charge in [0.05, 0.1) is 6.21 Å². The number of benzene rings is 3. The third-order valence-electron chi connectivity index (χ3n) is 4.26.